The Kier molecular flexibility index (Phi) is 7.25. The second-order valence-electron chi connectivity index (χ2n) is 6.50. The average Bonchev–Trinajstić information content (AvgIpc) is 3.14. The first kappa shape index (κ1) is 20.1. The molecule has 1 amide bonds. The van der Waals surface area contributed by atoms with Crippen LogP contribution in [0.2, 0.25) is 0 Å². The predicted octanol–water partition coefficient (Wildman–Crippen LogP) is 4.85. The van der Waals surface area contributed by atoms with Gasteiger partial charge in [0.15, 0.2) is 11.5 Å². The van der Waals surface area contributed by atoms with Crippen LogP contribution in [0.25, 0.3) is 10.2 Å². The van der Waals surface area contributed by atoms with Crippen molar-refractivity contribution in [2.75, 3.05) is 20.3 Å². The van der Waals surface area contributed by atoms with Crippen LogP contribution in [-0.2, 0) is 6.42 Å². The number of hydrogen-bond donors (Lipinski definition) is 1. The molecule has 0 radical (unpaired) electrons. The van der Waals surface area contributed by atoms with E-state index in [4.69, 9.17) is 9.47 Å². The summed E-state index contributed by atoms with van der Waals surface area (Å²) in [6.07, 6.45) is 3.76. The number of nitrogens with zero attached hydrogens (tertiary/aromatic N) is 1. The van der Waals surface area contributed by atoms with Crippen molar-refractivity contribution >= 4 is 27.5 Å². The molecule has 2 aromatic carbocycles. The minimum Gasteiger partial charge on any atom is -0.493 e. The highest BCUT2D eigenvalue weighted by molar-refractivity contribution is 7.18. The van der Waals surface area contributed by atoms with Crippen molar-refractivity contribution in [1.82, 2.24) is 10.3 Å². The van der Waals surface area contributed by atoms with Crippen LogP contribution in [0.15, 0.2) is 42.5 Å². The van der Waals surface area contributed by atoms with E-state index in [-0.39, 0.29) is 5.91 Å². The van der Waals surface area contributed by atoms with Gasteiger partial charge in [-0.1, -0.05) is 25.5 Å². The predicted molar refractivity (Wildman–Crippen MR) is 114 cm³/mol. The van der Waals surface area contributed by atoms with Crippen LogP contribution in [-0.4, -0.2) is 31.2 Å². The van der Waals surface area contributed by atoms with Crippen molar-refractivity contribution in [3.8, 4) is 11.5 Å². The fraction of sp³-hybridized carbons (Fsp3) is 0.364. The first-order valence-electron chi connectivity index (χ1n) is 9.64. The van der Waals surface area contributed by atoms with Gasteiger partial charge in [0.1, 0.15) is 0 Å². The molecule has 0 saturated heterocycles. The van der Waals surface area contributed by atoms with Gasteiger partial charge in [-0.3, -0.25) is 4.79 Å². The number of ether oxygens (including phenoxy) is 2. The lowest BCUT2D eigenvalue weighted by Gasteiger charge is -2.12. The maximum absolute atomic E-state index is 12.4. The summed E-state index contributed by atoms with van der Waals surface area (Å²) in [6.45, 7) is 3.36. The van der Waals surface area contributed by atoms with Gasteiger partial charge in [-0.25, -0.2) is 4.98 Å². The molecule has 1 N–H and O–H groups in total. The largest absolute Gasteiger partial charge is 0.493 e. The summed E-state index contributed by atoms with van der Waals surface area (Å²) >= 11 is 1.71. The van der Waals surface area contributed by atoms with Gasteiger partial charge in [-0.15, -0.1) is 11.3 Å². The molecule has 1 heterocycles. The molecule has 6 heteroatoms. The Morgan fingerprint density at radius 1 is 1.14 bits per heavy atom. The molecule has 3 aromatic rings. The molecule has 0 saturated carbocycles. The number of benzene rings is 2. The summed E-state index contributed by atoms with van der Waals surface area (Å²) in [6, 6.07) is 13.4. The van der Waals surface area contributed by atoms with Crippen LogP contribution in [0.3, 0.4) is 0 Å². The Balaban J connectivity index is 1.49. The molecule has 0 bridgehead atoms. The SMILES string of the molecule is CCCCOc1ccc(C(=O)NCCCc2nc3ccccc3s2)cc1OC. The van der Waals surface area contributed by atoms with Crippen molar-refractivity contribution in [3.05, 3.63) is 53.0 Å². The van der Waals surface area contributed by atoms with Crippen molar-refractivity contribution in [2.45, 2.75) is 32.6 Å². The number of rotatable bonds is 10. The molecule has 3 rings (SSSR count). The summed E-state index contributed by atoms with van der Waals surface area (Å²) in [4.78, 5) is 17.0. The van der Waals surface area contributed by atoms with Crippen molar-refractivity contribution in [1.29, 1.82) is 0 Å². The highest BCUT2D eigenvalue weighted by atomic mass is 32.1. The zero-order valence-corrected chi connectivity index (χ0v) is 17.2. The van der Waals surface area contributed by atoms with Crippen molar-refractivity contribution in [3.63, 3.8) is 0 Å². The molecular weight excluding hydrogens is 372 g/mol. The standard InChI is InChI=1S/C22H26N2O3S/c1-3-4-14-27-18-12-11-16(15-19(18)26-2)22(25)23-13-7-10-21-24-17-8-5-6-9-20(17)28-21/h5-6,8-9,11-12,15H,3-4,7,10,13-14H2,1-2H3,(H,23,25). The van der Waals surface area contributed by atoms with E-state index >= 15 is 0 Å². The van der Waals surface area contributed by atoms with Gasteiger partial charge in [0, 0.05) is 18.5 Å². The summed E-state index contributed by atoms with van der Waals surface area (Å²) in [7, 11) is 1.59. The molecule has 1 aromatic heterocycles. The van der Waals surface area contributed by atoms with Crippen LogP contribution in [0.5, 0.6) is 11.5 Å². The lowest BCUT2D eigenvalue weighted by molar-refractivity contribution is 0.0953. The molecule has 0 unspecified atom stereocenters. The van der Waals surface area contributed by atoms with E-state index in [1.807, 2.05) is 18.2 Å². The molecule has 0 aliphatic heterocycles. The molecule has 0 aliphatic rings. The van der Waals surface area contributed by atoms with E-state index in [0.29, 0.717) is 30.2 Å². The Morgan fingerprint density at radius 3 is 2.79 bits per heavy atom. The van der Waals surface area contributed by atoms with Crippen molar-refractivity contribution < 1.29 is 14.3 Å². The van der Waals surface area contributed by atoms with Gasteiger partial charge in [0.05, 0.1) is 28.9 Å². The number of thiazole rings is 1. The average molecular weight is 399 g/mol. The van der Waals surface area contributed by atoms with Gasteiger partial charge in [0.2, 0.25) is 0 Å². The molecule has 0 atom stereocenters. The quantitative estimate of drug-likeness (QED) is 0.496. The first-order valence-corrected chi connectivity index (χ1v) is 10.5. The lowest BCUT2D eigenvalue weighted by atomic mass is 10.2. The van der Waals surface area contributed by atoms with Gasteiger partial charge < -0.3 is 14.8 Å². The van der Waals surface area contributed by atoms with Gasteiger partial charge in [0.25, 0.3) is 5.91 Å². The van der Waals surface area contributed by atoms with Gasteiger partial charge in [-0.05, 0) is 43.2 Å². The number of hydrogen-bond acceptors (Lipinski definition) is 5. The lowest BCUT2D eigenvalue weighted by Crippen LogP contribution is -2.24. The van der Waals surface area contributed by atoms with Crippen LogP contribution in [0, 0.1) is 0 Å². The number of carbonyl (C=O) groups excluding carboxylic acids is 1. The number of nitrogens with one attached hydrogen (secondary N) is 1. The normalized spacial score (nSPS) is 10.8. The smallest absolute Gasteiger partial charge is 0.251 e. The maximum atomic E-state index is 12.4. The van der Waals surface area contributed by atoms with E-state index in [2.05, 4.69) is 23.3 Å². The van der Waals surface area contributed by atoms with Crippen LogP contribution >= 0.6 is 11.3 Å². The highest BCUT2D eigenvalue weighted by Gasteiger charge is 2.11. The molecular formula is C22H26N2O3S. The Morgan fingerprint density at radius 2 is 2.00 bits per heavy atom. The minimum atomic E-state index is -0.109. The van der Waals surface area contributed by atoms with E-state index in [0.717, 1.165) is 36.2 Å². The summed E-state index contributed by atoms with van der Waals surface area (Å²) in [5.74, 6) is 1.14. The number of para-hydroxylation sites is 1. The van der Waals surface area contributed by atoms with E-state index in [1.54, 1.807) is 36.6 Å². The second kappa shape index (κ2) is 10.1. The number of aryl methyl sites for hydroxylation is 1. The molecule has 0 spiro atoms. The summed E-state index contributed by atoms with van der Waals surface area (Å²) < 4.78 is 12.3. The number of aromatic nitrogens is 1. The maximum Gasteiger partial charge on any atom is 0.251 e. The molecule has 28 heavy (non-hydrogen) atoms. The van der Waals surface area contributed by atoms with E-state index in [9.17, 15) is 4.79 Å². The van der Waals surface area contributed by atoms with Gasteiger partial charge in [-0.2, -0.15) is 0 Å². The monoisotopic (exact) mass is 398 g/mol. The van der Waals surface area contributed by atoms with Crippen LogP contribution in [0.4, 0.5) is 0 Å². The third kappa shape index (κ3) is 5.23. The summed E-state index contributed by atoms with van der Waals surface area (Å²) in [5.41, 5.74) is 1.61. The van der Waals surface area contributed by atoms with Gasteiger partial charge >= 0.3 is 0 Å². The molecule has 0 fully saturated rings. The van der Waals surface area contributed by atoms with E-state index in [1.165, 1.54) is 4.70 Å². The summed E-state index contributed by atoms with van der Waals surface area (Å²) in [5, 5.41) is 4.07. The first-order chi connectivity index (χ1) is 13.7. The number of amides is 1. The fourth-order valence-corrected chi connectivity index (χ4v) is 3.83. The number of fused-ring (bicyclic) bond motifs is 1. The number of unbranched alkanes of at least 4 members (excludes halogenated alkanes) is 1. The van der Waals surface area contributed by atoms with Crippen LogP contribution in [0.1, 0.15) is 41.6 Å². The third-order valence-electron chi connectivity index (χ3n) is 4.37. The number of methoxy groups -OCH3 is 1. The molecule has 0 aliphatic carbocycles. The molecule has 5 nitrogen and oxygen atoms in total. The Labute approximate surface area is 169 Å². The van der Waals surface area contributed by atoms with Crippen molar-refractivity contribution in [2.24, 2.45) is 0 Å². The topological polar surface area (TPSA) is 60.5 Å². The van der Waals surface area contributed by atoms with E-state index < -0.39 is 0 Å². The zero-order valence-electron chi connectivity index (χ0n) is 16.4. The zero-order chi connectivity index (χ0) is 19.8. The molecule has 148 valence electrons. The Hall–Kier alpha value is -2.60. The number of carbonyl (C=O) groups is 1. The highest BCUT2D eigenvalue weighted by Crippen LogP contribution is 2.28. The third-order valence-corrected chi connectivity index (χ3v) is 5.47. The van der Waals surface area contributed by atoms with Crippen LogP contribution < -0.4 is 14.8 Å². The Bertz CT molecular complexity index is 890. The fourth-order valence-electron chi connectivity index (χ4n) is 2.82. The minimum absolute atomic E-state index is 0.109. The second-order valence-corrected chi connectivity index (χ2v) is 7.62.